The normalized spacial score (nSPS) is 12.8. The molecule has 0 radical (unpaired) electrons. The van der Waals surface area contributed by atoms with Gasteiger partial charge >= 0.3 is 5.97 Å². The van der Waals surface area contributed by atoms with E-state index in [1.54, 1.807) is 36.4 Å². The van der Waals surface area contributed by atoms with Crippen LogP contribution >= 0.6 is 15.9 Å². The summed E-state index contributed by atoms with van der Waals surface area (Å²) in [7, 11) is -3.64. The van der Waals surface area contributed by atoms with Crippen LogP contribution in [0.1, 0.15) is 5.56 Å². The topological polar surface area (TPSA) is 71.4 Å². The zero-order valence-corrected chi connectivity index (χ0v) is 14.0. The first-order valence-corrected chi connectivity index (χ1v) is 9.08. The van der Waals surface area contributed by atoms with Crippen LogP contribution in [0.2, 0.25) is 0 Å². The van der Waals surface area contributed by atoms with E-state index in [2.05, 4.69) is 15.9 Å². The van der Waals surface area contributed by atoms with Gasteiger partial charge in [-0.1, -0.05) is 46.3 Å². The zero-order chi connectivity index (χ0) is 16.2. The lowest BCUT2D eigenvalue weighted by molar-refractivity contribution is -0.140. The van der Waals surface area contributed by atoms with Gasteiger partial charge in [-0.05, 0) is 36.2 Å². The molecule has 0 aliphatic rings. The molecule has 1 atom stereocenters. The lowest BCUT2D eigenvalue weighted by Gasteiger charge is -2.13. The van der Waals surface area contributed by atoms with Gasteiger partial charge in [0.1, 0.15) is 0 Å². The number of carboxylic acids is 1. The van der Waals surface area contributed by atoms with Crippen LogP contribution < -0.4 is 0 Å². The smallest absolute Gasteiger partial charge is 0.307 e. The van der Waals surface area contributed by atoms with E-state index in [0.29, 0.717) is 0 Å². The zero-order valence-electron chi connectivity index (χ0n) is 11.6. The van der Waals surface area contributed by atoms with Crippen molar-refractivity contribution in [2.45, 2.75) is 11.3 Å². The lowest BCUT2D eigenvalue weighted by Crippen LogP contribution is -2.26. The van der Waals surface area contributed by atoms with Gasteiger partial charge in [0.25, 0.3) is 0 Å². The van der Waals surface area contributed by atoms with Gasteiger partial charge in [0.05, 0.1) is 16.6 Å². The summed E-state index contributed by atoms with van der Waals surface area (Å²) in [6.45, 7) is 0. The number of rotatable bonds is 6. The first-order valence-electron chi connectivity index (χ1n) is 6.63. The van der Waals surface area contributed by atoms with E-state index in [9.17, 15) is 18.3 Å². The van der Waals surface area contributed by atoms with Crippen molar-refractivity contribution < 1.29 is 18.3 Å². The van der Waals surface area contributed by atoms with Gasteiger partial charge in [-0.3, -0.25) is 4.79 Å². The van der Waals surface area contributed by atoms with Gasteiger partial charge in [0, 0.05) is 4.47 Å². The monoisotopic (exact) mass is 382 g/mol. The number of halogens is 1. The number of carbonyl (C=O) groups is 1. The van der Waals surface area contributed by atoms with E-state index in [0.717, 1.165) is 10.0 Å². The highest BCUT2D eigenvalue weighted by Crippen LogP contribution is 2.20. The summed E-state index contributed by atoms with van der Waals surface area (Å²) in [5.41, 5.74) is 0.806. The average molecular weight is 383 g/mol. The first kappa shape index (κ1) is 16.7. The molecule has 22 heavy (non-hydrogen) atoms. The Morgan fingerprint density at radius 2 is 1.64 bits per heavy atom. The van der Waals surface area contributed by atoms with Crippen molar-refractivity contribution >= 4 is 31.7 Å². The fraction of sp³-hybridized carbons (Fsp3) is 0.188. The minimum Gasteiger partial charge on any atom is -0.481 e. The predicted octanol–water partition coefficient (Wildman–Crippen LogP) is 3.17. The molecule has 0 fully saturated rings. The lowest BCUT2D eigenvalue weighted by atomic mass is 10.0. The highest BCUT2D eigenvalue weighted by molar-refractivity contribution is 9.10. The van der Waals surface area contributed by atoms with Crippen molar-refractivity contribution in [2.24, 2.45) is 5.92 Å². The molecule has 116 valence electrons. The Hall–Kier alpha value is -1.66. The summed E-state index contributed by atoms with van der Waals surface area (Å²) in [6, 6.07) is 15.2. The van der Waals surface area contributed by atoms with E-state index >= 15 is 0 Å². The number of hydrogen-bond acceptors (Lipinski definition) is 3. The van der Waals surface area contributed by atoms with E-state index < -0.39 is 27.5 Å². The van der Waals surface area contributed by atoms with Crippen LogP contribution in [0.5, 0.6) is 0 Å². The summed E-state index contributed by atoms with van der Waals surface area (Å²) >= 11 is 3.24. The number of hydrogen-bond donors (Lipinski definition) is 1. The minimum atomic E-state index is -3.64. The molecular formula is C16H15BrO4S. The number of aliphatic carboxylic acids is 1. The second-order valence-corrected chi connectivity index (χ2v) is 7.91. The van der Waals surface area contributed by atoms with Crippen LogP contribution in [0.3, 0.4) is 0 Å². The molecule has 0 aliphatic heterocycles. The van der Waals surface area contributed by atoms with E-state index in [1.165, 1.54) is 12.1 Å². The third-order valence-electron chi connectivity index (χ3n) is 3.27. The maximum Gasteiger partial charge on any atom is 0.307 e. The highest BCUT2D eigenvalue weighted by Gasteiger charge is 2.26. The molecule has 0 saturated carbocycles. The second kappa shape index (κ2) is 7.07. The summed E-state index contributed by atoms with van der Waals surface area (Å²) in [4.78, 5) is 11.5. The highest BCUT2D eigenvalue weighted by atomic mass is 79.9. The molecule has 0 saturated heterocycles. The third-order valence-corrected chi connectivity index (χ3v) is 5.63. The molecule has 1 N–H and O–H groups in total. The van der Waals surface area contributed by atoms with Crippen LogP contribution in [0.25, 0.3) is 0 Å². The van der Waals surface area contributed by atoms with Crippen LogP contribution in [0.15, 0.2) is 64.0 Å². The van der Waals surface area contributed by atoms with E-state index in [1.807, 2.05) is 6.07 Å². The Bertz CT molecular complexity index is 739. The third kappa shape index (κ3) is 4.42. The molecule has 0 amide bonds. The number of carboxylic acid groups (broad SMARTS) is 1. The van der Waals surface area contributed by atoms with Crippen LogP contribution in [-0.4, -0.2) is 25.2 Å². The van der Waals surface area contributed by atoms with Crippen molar-refractivity contribution in [3.8, 4) is 0 Å². The van der Waals surface area contributed by atoms with Crippen molar-refractivity contribution in [1.82, 2.24) is 0 Å². The minimum absolute atomic E-state index is 0.134. The standard InChI is InChI=1S/C16H15BrO4S/c17-14-6-8-15(9-7-14)22(20,21)11-13(16(18)19)10-12-4-2-1-3-5-12/h1-9,13H,10-11H2,(H,18,19). The molecule has 2 rings (SSSR count). The molecule has 0 aliphatic carbocycles. The van der Waals surface area contributed by atoms with E-state index in [-0.39, 0.29) is 11.3 Å². The summed E-state index contributed by atoms with van der Waals surface area (Å²) in [6.07, 6.45) is 0.186. The van der Waals surface area contributed by atoms with Crippen molar-refractivity contribution in [3.63, 3.8) is 0 Å². The second-order valence-electron chi connectivity index (χ2n) is 4.96. The van der Waals surface area contributed by atoms with Gasteiger partial charge in [0.2, 0.25) is 0 Å². The molecule has 2 aromatic rings. The fourth-order valence-corrected chi connectivity index (χ4v) is 3.92. The maximum absolute atomic E-state index is 12.4. The van der Waals surface area contributed by atoms with Gasteiger partial charge in [-0.15, -0.1) is 0 Å². The quantitative estimate of drug-likeness (QED) is 0.832. The summed E-state index contributed by atoms with van der Waals surface area (Å²) < 4.78 is 25.5. The summed E-state index contributed by atoms with van der Waals surface area (Å²) in [5.74, 6) is -2.50. The maximum atomic E-state index is 12.4. The average Bonchev–Trinajstić information content (AvgIpc) is 2.48. The molecule has 4 nitrogen and oxygen atoms in total. The predicted molar refractivity (Wildman–Crippen MR) is 87.5 cm³/mol. The van der Waals surface area contributed by atoms with Crippen LogP contribution in [0.4, 0.5) is 0 Å². The van der Waals surface area contributed by atoms with Crippen molar-refractivity contribution in [1.29, 1.82) is 0 Å². The number of benzene rings is 2. The molecule has 6 heteroatoms. The van der Waals surface area contributed by atoms with Crippen LogP contribution in [0, 0.1) is 5.92 Å². The molecule has 0 bridgehead atoms. The van der Waals surface area contributed by atoms with Crippen LogP contribution in [-0.2, 0) is 21.1 Å². The van der Waals surface area contributed by atoms with E-state index in [4.69, 9.17) is 0 Å². The summed E-state index contributed by atoms with van der Waals surface area (Å²) in [5, 5.41) is 9.32. The Morgan fingerprint density at radius 1 is 1.05 bits per heavy atom. The first-order chi connectivity index (χ1) is 10.4. The number of sulfone groups is 1. The molecule has 0 heterocycles. The molecule has 1 unspecified atom stereocenters. The van der Waals surface area contributed by atoms with Gasteiger partial charge in [-0.2, -0.15) is 0 Å². The van der Waals surface area contributed by atoms with Gasteiger partial charge in [-0.25, -0.2) is 8.42 Å². The molecule has 2 aromatic carbocycles. The Labute approximate surface area is 137 Å². The van der Waals surface area contributed by atoms with Gasteiger partial charge in [0.15, 0.2) is 9.84 Å². The van der Waals surface area contributed by atoms with Crippen molar-refractivity contribution in [2.75, 3.05) is 5.75 Å². The molecule has 0 spiro atoms. The molecular weight excluding hydrogens is 368 g/mol. The SMILES string of the molecule is O=C(O)C(Cc1ccccc1)CS(=O)(=O)c1ccc(Br)cc1. The fourth-order valence-electron chi connectivity index (χ4n) is 2.12. The Morgan fingerprint density at radius 3 is 2.18 bits per heavy atom. The van der Waals surface area contributed by atoms with Gasteiger partial charge < -0.3 is 5.11 Å². The molecule has 0 aromatic heterocycles. The van der Waals surface area contributed by atoms with Crippen molar-refractivity contribution in [3.05, 3.63) is 64.6 Å². The largest absolute Gasteiger partial charge is 0.481 e. The Kier molecular flexibility index (Phi) is 5.37. The Balaban J connectivity index is 2.20.